The van der Waals surface area contributed by atoms with E-state index in [0.717, 1.165) is 0 Å². The Kier molecular flexibility index (Phi) is 2.93. The number of nitrogens with zero attached hydrogens (tertiary/aromatic N) is 1. The third-order valence-corrected chi connectivity index (χ3v) is 1.76. The van der Waals surface area contributed by atoms with Gasteiger partial charge < -0.3 is 5.11 Å². The van der Waals surface area contributed by atoms with Crippen LogP contribution in [0, 0.1) is 11.3 Å². The molecule has 1 unspecified atom stereocenters. The Morgan fingerprint density at radius 1 is 1.25 bits per heavy atom. The lowest BCUT2D eigenvalue weighted by Crippen LogP contribution is -1.92. The first-order valence-corrected chi connectivity index (χ1v) is 3.93. The molecule has 0 aromatic heterocycles. The van der Waals surface area contributed by atoms with Gasteiger partial charge in [-0.25, -0.2) is 0 Å². The molecule has 0 aliphatic rings. The number of hydrogen-bond acceptors (Lipinski definition) is 2. The van der Waals surface area contributed by atoms with Crippen LogP contribution in [0.5, 0.6) is 0 Å². The summed E-state index contributed by atoms with van der Waals surface area (Å²) in [7, 11) is 0. The number of aliphatic hydroxyl groups excluding tert-OH is 1. The normalized spacial score (nSPS) is 12.2. The maximum atomic E-state index is 9.10. The maximum Gasteiger partial charge on any atom is 0.166 e. The summed E-state index contributed by atoms with van der Waals surface area (Å²) in [4.78, 5) is 0. The molecule has 0 aliphatic heterocycles. The molecule has 0 aliphatic carbocycles. The lowest BCUT2D eigenvalue weighted by molar-refractivity contribution is 0.236. The van der Waals surface area contributed by atoms with Crippen LogP contribution < -0.4 is 0 Å². The predicted octanol–water partition coefficient (Wildman–Crippen LogP) is 2.55. The Hall–Kier alpha value is -0.750. The van der Waals surface area contributed by atoms with Crippen molar-refractivity contribution in [3.63, 3.8) is 0 Å². The second-order valence-electron chi connectivity index (χ2n) is 2.23. The topological polar surface area (TPSA) is 44.0 Å². The number of halogens is 2. The SMILES string of the molecule is N#CC(O)c1cc(Cl)cc(Cl)c1. The lowest BCUT2D eigenvalue weighted by atomic mass is 10.1. The minimum Gasteiger partial charge on any atom is -0.374 e. The molecule has 1 atom stereocenters. The molecule has 0 saturated heterocycles. The standard InChI is InChI=1S/C8H5Cl2NO/c9-6-1-5(8(12)4-11)2-7(10)3-6/h1-3,8,12H. The molecule has 0 fully saturated rings. The van der Waals surface area contributed by atoms with Gasteiger partial charge in [0.25, 0.3) is 0 Å². The zero-order valence-corrected chi connectivity index (χ0v) is 7.47. The van der Waals surface area contributed by atoms with Crippen molar-refractivity contribution in [3.8, 4) is 6.07 Å². The summed E-state index contributed by atoms with van der Waals surface area (Å²) in [5.41, 5.74) is 0.412. The van der Waals surface area contributed by atoms with E-state index in [1.807, 2.05) is 0 Å². The molecule has 4 heteroatoms. The Labute approximate surface area is 80.0 Å². The highest BCUT2D eigenvalue weighted by Gasteiger charge is 2.06. The van der Waals surface area contributed by atoms with Gasteiger partial charge in [-0.1, -0.05) is 23.2 Å². The van der Waals surface area contributed by atoms with Crippen molar-refractivity contribution in [2.75, 3.05) is 0 Å². The van der Waals surface area contributed by atoms with E-state index in [-0.39, 0.29) is 0 Å². The van der Waals surface area contributed by atoms with Crippen LogP contribution in [0.25, 0.3) is 0 Å². The number of hydrogen-bond donors (Lipinski definition) is 1. The van der Waals surface area contributed by atoms with E-state index in [9.17, 15) is 0 Å². The van der Waals surface area contributed by atoms with Crippen LogP contribution in [0.1, 0.15) is 11.7 Å². The molecule has 1 aromatic rings. The number of aliphatic hydroxyl groups is 1. The third kappa shape index (κ3) is 2.12. The van der Waals surface area contributed by atoms with Crippen molar-refractivity contribution in [1.29, 1.82) is 5.26 Å². The largest absolute Gasteiger partial charge is 0.374 e. The van der Waals surface area contributed by atoms with E-state index in [1.54, 1.807) is 6.07 Å². The molecule has 0 saturated carbocycles. The second kappa shape index (κ2) is 3.77. The summed E-state index contributed by atoms with van der Waals surface area (Å²) >= 11 is 11.3. The molecule has 12 heavy (non-hydrogen) atoms. The Bertz CT molecular complexity index is 312. The minimum atomic E-state index is -1.17. The van der Waals surface area contributed by atoms with E-state index < -0.39 is 6.10 Å². The summed E-state index contributed by atoms with van der Waals surface area (Å²) in [6, 6.07) is 6.21. The Morgan fingerprint density at radius 3 is 2.17 bits per heavy atom. The molecular formula is C8H5Cl2NO. The highest BCUT2D eigenvalue weighted by Crippen LogP contribution is 2.22. The smallest absolute Gasteiger partial charge is 0.166 e. The van der Waals surface area contributed by atoms with Gasteiger partial charge >= 0.3 is 0 Å². The van der Waals surface area contributed by atoms with Gasteiger partial charge in [0.05, 0.1) is 6.07 Å². The fraction of sp³-hybridized carbons (Fsp3) is 0.125. The third-order valence-electron chi connectivity index (χ3n) is 1.32. The molecular weight excluding hydrogens is 197 g/mol. The van der Waals surface area contributed by atoms with E-state index in [0.29, 0.717) is 15.6 Å². The van der Waals surface area contributed by atoms with Crippen molar-refractivity contribution in [1.82, 2.24) is 0 Å². The molecule has 0 spiro atoms. The van der Waals surface area contributed by atoms with Gasteiger partial charge in [0.2, 0.25) is 0 Å². The van der Waals surface area contributed by atoms with E-state index in [2.05, 4.69) is 0 Å². The molecule has 62 valence electrons. The molecule has 0 bridgehead atoms. The quantitative estimate of drug-likeness (QED) is 0.711. The molecule has 1 N–H and O–H groups in total. The summed E-state index contributed by atoms with van der Waals surface area (Å²) in [6.45, 7) is 0. The van der Waals surface area contributed by atoms with Gasteiger partial charge in [0, 0.05) is 10.0 Å². The maximum absolute atomic E-state index is 9.10. The fourth-order valence-corrected chi connectivity index (χ4v) is 1.35. The lowest BCUT2D eigenvalue weighted by Gasteiger charge is -2.02. The average molecular weight is 202 g/mol. The number of nitriles is 1. The molecule has 0 radical (unpaired) electrons. The van der Waals surface area contributed by atoms with Gasteiger partial charge in [-0.3, -0.25) is 0 Å². The minimum absolute atomic E-state index is 0.409. The van der Waals surface area contributed by atoms with Gasteiger partial charge in [-0.15, -0.1) is 0 Å². The van der Waals surface area contributed by atoms with Crippen LogP contribution in [-0.2, 0) is 0 Å². The summed E-state index contributed by atoms with van der Waals surface area (Å²) in [5, 5.41) is 18.3. The predicted molar refractivity (Wildman–Crippen MR) is 47.0 cm³/mol. The van der Waals surface area contributed by atoms with Crippen molar-refractivity contribution >= 4 is 23.2 Å². The monoisotopic (exact) mass is 201 g/mol. The molecule has 0 heterocycles. The van der Waals surface area contributed by atoms with E-state index >= 15 is 0 Å². The van der Waals surface area contributed by atoms with Crippen molar-refractivity contribution < 1.29 is 5.11 Å². The zero-order valence-electron chi connectivity index (χ0n) is 5.96. The first-order valence-electron chi connectivity index (χ1n) is 3.17. The van der Waals surface area contributed by atoms with Gasteiger partial charge in [0.15, 0.2) is 6.10 Å². The van der Waals surface area contributed by atoms with Crippen LogP contribution in [0.3, 0.4) is 0 Å². The summed E-state index contributed by atoms with van der Waals surface area (Å²) < 4.78 is 0. The van der Waals surface area contributed by atoms with Crippen LogP contribution >= 0.6 is 23.2 Å². The van der Waals surface area contributed by atoms with Crippen LogP contribution in [0.15, 0.2) is 18.2 Å². The fourth-order valence-electron chi connectivity index (χ4n) is 0.808. The Morgan fingerprint density at radius 2 is 1.75 bits per heavy atom. The van der Waals surface area contributed by atoms with Gasteiger partial charge in [-0.05, 0) is 23.8 Å². The van der Waals surface area contributed by atoms with Gasteiger partial charge in [0.1, 0.15) is 0 Å². The average Bonchev–Trinajstić information content (AvgIpc) is 2.01. The molecule has 0 amide bonds. The number of benzene rings is 1. The number of rotatable bonds is 1. The highest BCUT2D eigenvalue weighted by atomic mass is 35.5. The first kappa shape index (κ1) is 9.34. The van der Waals surface area contributed by atoms with Crippen LogP contribution in [0.2, 0.25) is 10.0 Å². The molecule has 1 rings (SSSR count). The molecule has 2 nitrogen and oxygen atoms in total. The van der Waals surface area contributed by atoms with Crippen molar-refractivity contribution in [3.05, 3.63) is 33.8 Å². The first-order chi connectivity index (χ1) is 5.63. The molecule has 1 aromatic carbocycles. The zero-order chi connectivity index (χ0) is 9.14. The second-order valence-corrected chi connectivity index (χ2v) is 3.11. The Balaban J connectivity index is 3.10. The van der Waals surface area contributed by atoms with E-state index in [1.165, 1.54) is 18.2 Å². The summed E-state index contributed by atoms with van der Waals surface area (Å²) in [6.07, 6.45) is -1.17. The summed E-state index contributed by atoms with van der Waals surface area (Å²) in [5.74, 6) is 0. The highest BCUT2D eigenvalue weighted by molar-refractivity contribution is 6.34. The van der Waals surface area contributed by atoms with E-state index in [4.69, 9.17) is 33.6 Å². The van der Waals surface area contributed by atoms with Gasteiger partial charge in [-0.2, -0.15) is 5.26 Å². The van der Waals surface area contributed by atoms with Crippen molar-refractivity contribution in [2.24, 2.45) is 0 Å². The van der Waals surface area contributed by atoms with Crippen molar-refractivity contribution in [2.45, 2.75) is 6.10 Å². The van der Waals surface area contributed by atoms with Crippen LogP contribution in [-0.4, -0.2) is 5.11 Å². The van der Waals surface area contributed by atoms with Crippen LogP contribution in [0.4, 0.5) is 0 Å².